The number of amides is 1. The Hall–Kier alpha value is -0.570. The van der Waals surface area contributed by atoms with Crippen LogP contribution in [-0.2, 0) is 4.79 Å². The van der Waals surface area contributed by atoms with Crippen molar-refractivity contribution in [2.45, 2.75) is 45.1 Å². The highest BCUT2D eigenvalue weighted by Gasteiger charge is 2.27. The normalized spacial score (nSPS) is 19.1. The van der Waals surface area contributed by atoms with E-state index in [1.54, 1.807) is 0 Å². The second-order valence-electron chi connectivity index (χ2n) is 4.55. The summed E-state index contributed by atoms with van der Waals surface area (Å²) < 4.78 is 0. The van der Waals surface area contributed by atoms with Crippen LogP contribution in [0.25, 0.3) is 0 Å². The molecular weight excluding hydrogens is 188 g/mol. The fourth-order valence-electron chi connectivity index (χ4n) is 2.41. The Labute approximate surface area is 93.2 Å². The van der Waals surface area contributed by atoms with Gasteiger partial charge in [0.2, 0.25) is 5.91 Å². The van der Waals surface area contributed by atoms with Crippen LogP contribution in [0.2, 0.25) is 0 Å². The van der Waals surface area contributed by atoms with Crippen LogP contribution >= 0.6 is 0 Å². The molecule has 1 N–H and O–H groups in total. The topological polar surface area (TPSA) is 32.3 Å². The highest BCUT2D eigenvalue weighted by molar-refractivity contribution is 5.79. The van der Waals surface area contributed by atoms with Crippen LogP contribution in [0, 0.1) is 5.92 Å². The Balaban J connectivity index is 2.48. The number of carbonyl (C=O) groups is 1. The molecule has 15 heavy (non-hydrogen) atoms. The zero-order chi connectivity index (χ0) is 11.3. The van der Waals surface area contributed by atoms with Gasteiger partial charge in [0.1, 0.15) is 0 Å². The largest absolute Gasteiger partial charge is 0.342 e. The van der Waals surface area contributed by atoms with Gasteiger partial charge in [-0.1, -0.05) is 19.8 Å². The molecule has 3 nitrogen and oxygen atoms in total. The van der Waals surface area contributed by atoms with Gasteiger partial charge in [0, 0.05) is 19.6 Å². The van der Waals surface area contributed by atoms with Crippen molar-refractivity contribution >= 4 is 5.91 Å². The second-order valence-corrected chi connectivity index (χ2v) is 4.55. The second kappa shape index (κ2) is 6.11. The Morgan fingerprint density at radius 2 is 2.07 bits per heavy atom. The first-order chi connectivity index (χ1) is 7.20. The molecule has 1 saturated carbocycles. The Kier molecular flexibility index (Phi) is 5.09. The molecule has 0 radical (unpaired) electrons. The van der Waals surface area contributed by atoms with Gasteiger partial charge in [-0.05, 0) is 26.3 Å². The average Bonchev–Trinajstić information content (AvgIpc) is 2.77. The monoisotopic (exact) mass is 212 g/mol. The quantitative estimate of drug-likeness (QED) is 0.751. The smallest absolute Gasteiger partial charge is 0.226 e. The molecule has 0 heterocycles. The van der Waals surface area contributed by atoms with E-state index in [4.69, 9.17) is 0 Å². The summed E-state index contributed by atoms with van der Waals surface area (Å²) in [4.78, 5) is 14.1. The lowest BCUT2D eigenvalue weighted by atomic mass is 10.0. The predicted molar refractivity (Wildman–Crippen MR) is 62.7 cm³/mol. The van der Waals surface area contributed by atoms with Gasteiger partial charge in [0.15, 0.2) is 0 Å². The summed E-state index contributed by atoms with van der Waals surface area (Å²) in [5.41, 5.74) is 0. The summed E-state index contributed by atoms with van der Waals surface area (Å²) in [5.74, 6) is 0.472. The van der Waals surface area contributed by atoms with Crippen molar-refractivity contribution in [2.75, 3.05) is 20.6 Å². The first-order valence-electron chi connectivity index (χ1n) is 6.12. The minimum absolute atomic E-state index is 0.153. The standard InChI is InChI=1S/C12H24N2O/c1-4-10(9-13-2)12(15)14(3)11-7-5-6-8-11/h10-11,13H,4-9H2,1-3H3. The summed E-state index contributed by atoms with van der Waals surface area (Å²) in [6.07, 6.45) is 5.88. The third-order valence-electron chi connectivity index (χ3n) is 3.51. The molecule has 0 aromatic carbocycles. The van der Waals surface area contributed by atoms with E-state index in [0.717, 1.165) is 13.0 Å². The van der Waals surface area contributed by atoms with Gasteiger partial charge in [0.05, 0.1) is 5.92 Å². The third-order valence-corrected chi connectivity index (χ3v) is 3.51. The van der Waals surface area contributed by atoms with Crippen molar-refractivity contribution in [2.24, 2.45) is 5.92 Å². The molecule has 1 aliphatic carbocycles. The van der Waals surface area contributed by atoms with E-state index in [1.807, 2.05) is 19.0 Å². The molecule has 1 amide bonds. The zero-order valence-electron chi connectivity index (χ0n) is 10.3. The number of carbonyl (C=O) groups excluding carboxylic acids is 1. The fourth-order valence-corrected chi connectivity index (χ4v) is 2.41. The van der Waals surface area contributed by atoms with E-state index < -0.39 is 0 Å². The molecule has 0 aliphatic heterocycles. The van der Waals surface area contributed by atoms with E-state index in [9.17, 15) is 4.79 Å². The van der Waals surface area contributed by atoms with E-state index in [1.165, 1.54) is 25.7 Å². The van der Waals surface area contributed by atoms with E-state index in [0.29, 0.717) is 11.9 Å². The summed E-state index contributed by atoms with van der Waals surface area (Å²) >= 11 is 0. The molecule has 1 atom stereocenters. The first-order valence-corrected chi connectivity index (χ1v) is 6.12. The number of hydrogen-bond donors (Lipinski definition) is 1. The van der Waals surface area contributed by atoms with E-state index in [-0.39, 0.29) is 5.92 Å². The average molecular weight is 212 g/mol. The molecule has 1 unspecified atom stereocenters. The van der Waals surface area contributed by atoms with Crippen molar-refractivity contribution in [1.82, 2.24) is 10.2 Å². The molecule has 0 spiro atoms. The highest BCUT2D eigenvalue weighted by Crippen LogP contribution is 2.23. The molecule has 0 saturated heterocycles. The van der Waals surface area contributed by atoms with Crippen LogP contribution in [0.3, 0.4) is 0 Å². The third kappa shape index (κ3) is 3.20. The number of nitrogens with zero attached hydrogens (tertiary/aromatic N) is 1. The maximum absolute atomic E-state index is 12.1. The lowest BCUT2D eigenvalue weighted by Gasteiger charge is -2.28. The van der Waals surface area contributed by atoms with Crippen molar-refractivity contribution in [3.05, 3.63) is 0 Å². The molecule has 3 heteroatoms. The first kappa shape index (κ1) is 12.5. The molecule has 1 aliphatic rings. The molecule has 0 bridgehead atoms. The van der Waals surface area contributed by atoms with Crippen molar-refractivity contribution < 1.29 is 4.79 Å². The Morgan fingerprint density at radius 1 is 1.47 bits per heavy atom. The van der Waals surface area contributed by atoms with Crippen molar-refractivity contribution in [1.29, 1.82) is 0 Å². The van der Waals surface area contributed by atoms with Crippen LogP contribution in [0.15, 0.2) is 0 Å². The lowest BCUT2D eigenvalue weighted by Crippen LogP contribution is -2.41. The van der Waals surface area contributed by atoms with E-state index >= 15 is 0 Å². The predicted octanol–water partition coefficient (Wildman–Crippen LogP) is 1.63. The number of hydrogen-bond acceptors (Lipinski definition) is 2. The van der Waals surface area contributed by atoms with Gasteiger partial charge in [-0.15, -0.1) is 0 Å². The van der Waals surface area contributed by atoms with Gasteiger partial charge in [-0.3, -0.25) is 4.79 Å². The minimum atomic E-state index is 0.153. The zero-order valence-corrected chi connectivity index (χ0v) is 10.3. The maximum Gasteiger partial charge on any atom is 0.226 e. The lowest BCUT2D eigenvalue weighted by molar-refractivity contribution is -0.136. The molecule has 1 rings (SSSR count). The van der Waals surface area contributed by atoms with Crippen molar-refractivity contribution in [3.8, 4) is 0 Å². The minimum Gasteiger partial charge on any atom is -0.342 e. The van der Waals surface area contributed by atoms with Gasteiger partial charge in [-0.2, -0.15) is 0 Å². The van der Waals surface area contributed by atoms with Crippen molar-refractivity contribution in [3.63, 3.8) is 0 Å². The summed E-state index contributed by atoms with van der Waals surface area (Å²) in [7, 11) is 3.88. The Morgan fingerprint density at radius 3 is 2.53 bits per heavy atom. The highest BCUT2D eigenvalue weighted by atomic mass is 16.2. The number of rotatable bonds is 5. The molecule has 88 valence electrons. The van der Waals surface area contributed by atoms with Gasteiger partial charge in [-0.25, -0.2) is 0 Å². The van der Waals surface area contributed by atoms with Crippen LogP contribution < -0.4 is 5.32 Å². The molecule has 0 aromatic heterocycles. The Bertz CT molecular complexity index is 200. The summed E-state index contributed by atoms with van der Waals surface area (Å²) in [5, 5.41) is 3.10. The van der Waals surface area contributed by atoms with Crippen LogP contribution in [0.5, 0.6) is 0 Å². The van der Waals surface area contributed by atoms with Gasteiger partial charge >= 0.3 is 0 Å². The molecule has 1 fully saturated rings. The SMILES string of the molecule is CCC(CNC)C(=O)N(C)C1CCCC1. The van der Waals surface area contributed by atoms with Gasteiger partial charge in [0.25, 0.3) is 0 Å². The summed E-state index contributed by atoms with van der Waals surface area (Å²) in [6, 6.07) is 0.503. The molecular formula is C12H24N2O. The van der Waals surface area contributed by atoms with Gasteiger partial charge < -0.3 is 10.2 Å². The molecule has 0 aromatic rings. The van der Waals surface area contributed by atoms with Crippen LogP contribution in [-0.4, -0.2) is 37.5 Å². The van der Waals surface area contributed by atoms with Crippen LogP contribution in [0.1, 0.15) is 39.0 Å². The van der Waals surface area contributed by atoms with E-state index in [2.05, 4.69) is 12.2 Å². The number of nitrogens with one attached hydrogen (secondary N) is 1. The maximum atomic E-state index is 12.1. The van der Waals surface area contributed by atoms with Crippen LogP contribution in [0.4, 0.5) is 0 Å². The summed E-state index contributed by atoms with van der Waals surface area (Å²) in [6.45, 7) is 2.88. The fraction of sp³-hybridized carbons (Fsp3) is 0.917.